The number of benzene rings is 1. The highest BCUT2D eigenvalue weighted by molar-refractivity contribution is 6.30. The van der Waals surface area contributed by atoms with Crippen molar-refractivity contribution < 1.29 is 9.32 Å². The monoisotopic (exact) mass is 415 g/mol. The Bertz CT molecular complexity index is 793. The molecule has 29 heavy (non-hydrogen) atoms. The molecular weight excluding hydrogens is 386 g/mol. The Balaban J connectivity index is 1.47. The summed E-state index contributed by atoms with van der Waals surface area (Å²) in [5.74, 6) is 1.85. The lowest BCUT2D eigenvalue weighted by molar-refractivity contribution is -0.136. The van der Waals surface area contributed by atoms with E-state index < -0.39 is 0 Å². The van der Waals surface area contributed by atoms with Crippen molar-refractivity contribution in [1.29, 1.82) is 0 Å². The first-order valence-electron chi connectivity index (χ1n) is 11.1. The van der Waals surface area contributed by atoms with Crippen LogP contribution in [-0.4, -0.2) is 27.0 Å². The summed E-state index contributed by atoms with van der Waals surface area (Å²) in [6.07, 6.45) is 12.7. The van der Waals surface area contributed by atoms with E-state index in [4.69, 9.17) is 16.1 Å². The van der Waals surface area contributed by atoms with Gasteiger partial charge in [-0.2, -0.15) is 4.98 Å². The predicted octanol–water partition coefficient (Wildman–Crippen LogP) is 6.02. The summed E-state index contributed by atoms with van der Waals surface area (Å²) in [6, 6.07) is 7.68. The number of hydrogen-bond acceptors (Lipinski definition) is 4. The van der Waals surface area contributed by atoms with E-state index >= 15 is 0 Å². The molecule has 2 saturated carbocycles. The maximum absolute atomic E-state index is 13.3. The average Bonchev–Trinajstić information content (AvgIpc) is 3.22. The zero-order valence-corrected chi connectivity index (χ0v) is 17.7. The molecule has 1 heterocycles. The van der Waals surface area contributed by atoms with Crippen molar-refractivity contribution in [2.45, 2.75) is 83.2 Å². The van der Waals surface area contributed by atoms with E-state index in [1.54, 1.807) is 0 Å². The Kier molecular flexibility index (Phi) is 6.86. The van der Waals surface area contributed by atoms with Crippen molar-refractivity contribution in [3.8, 4) is 11.4 Å². The molecule has 0 radical (unpaired) electrons. The quantitative estimate of drug-likeness (QED) is 0.578. The lowest BCUT2D eigenvalue weighted by Crippen LogP contribution is -2.41. The largest absolute Gasteiger partial charge is 0.337 e. The van der Waals surface area contributed by atoms with Gasteiger partial charge in [0.1, 0.15) is 6.54 Å². The van der Waals surface area contributed by atoms with Gasteiger partial charge in [-0.05, 0) is 55.9 Å². The highest BCUT2D eigenvalue weighted by Gasteiger charge is 2.29. The van der Waals surface area contributed by atoms with Gasteiger partial charge in [0, 0.05) is 23.0 Å². The fourth-order valence-corrected chi connectivity index (χ4v) is 4.88. The smallest absolute Gasteiger partial charge is 0.246 e. The molecular formula is C23H30ClN3O2. The van der Waals surface area contributed by atoms with Gasteiger partial charge in [0.15, 0.2) is 0 Å². The Labute approximate surface area is 177 Å². The van der Waals surface area contributed by atoms with E-state index in [0.717, 1.165) is 18.4 Å². The van der Waals surface area contributed by atoms with E-state index in [0.29, 0.717) is 41.7 Å². The summed E-state index contributed by atoms with van der Waals surface area (Å²) in [5, 5.41) is 4.80. The Morgan fingerprint density at radius 3 is 2.34 bits per heavy atom. The third-order valence-corrected chi connectivity index (χ3v) is 6.65. The zero-order chi connectivity index (χ0) is 20.1. The van der Waals surface area contributed by atoms with Gasteiger partial charge in [-0.3, -0.25) is 4.79 Å². The Morgan fingerprint density at radius 2 is 1.66 bits per heavy atom. The molecule has 0 aliphatic heterocycles. The van der Waals surface area contributed by atoms with Crippen LogP contribution in [0, 0.1) is 5.92 Å². The van der Waals surface area contributed by atoms with Crippen molar-refractivity contribution in [2.24, 2.45) is 5.92 Å². The van der Waals surface area contributed by atoms with Crippen molar-refractivity contribution in [2.75, 3.05) is 0 Å². The first-order valence-corrected chi connectivity index (χ1v) is 11.4. The maximum atomic E-state index is 13.3. The van der Waals surface area contributed by atoms with Crippen LogP contribution in [0.1, 0.15) is 76.5 Å². The Morgan fingerprint density at radius 1 is 1.00 bits per heavy atom. The summed E-state index contributed by atoms with van der Waals surface area (Å²) in [4.78, 5) is 19.8. The number of hydrogen-bond donors (Lipinski definition) is 0. The third kappa shape index (κ3) is 5.39. The highest BCUT2D eigenvalue weighted by Crippen LogP contribution is 2.30. The fourth-order valence-electron chi connectivity index (χ4n) is 4.75. The van der Waals surface area contributed by atoms with Crippen molar-refractivity contribution in [1.82, 2.24) is 15.0 Å². The number of aromatic nitrogens is 2. The maximum Gasteiger partial charge on any atom is 0.246 e. The minimum absolute atomic E-state index is 0.259. The van der Waals surface area contributed by atoms with E-state index in [9.17, 15) is 4.79 Å². The topological polar surface area (TPSA) is 59.2 Å². The molecule has 1 amide bonds. The van der Waals surface area contributed by atoms with Crippen LogP contribution in [0.15, 0.2) is 28.8 Å². The molecule has 2 aromatic rings. The zero-order valence-electron chi connectivity index (χ0n) is 17.0. The van der Waals surface area contributed by atoms with Crippen molar-refractivity contribution in [3.63, 3.8) is 0 Å². The normalized spacial score (nSPS) is 18.7. The number of nitrogens with zero attached hydrogens (tertiary/aromatic N) is 3. The Hall–Kier alpha value is -1.88. The molecule has 156 valence electrons. The third-order valence-electron chi connectivity index (χ3n) is 6.40. The molecule has 2 aliphatic carbocycles. The molecule has 2 fully saturated rings. The second-order valence-electron chi connectivity index (χ2n) is 8.54. The molecule has 0 saturated heterocycles. The number of rotatable bonds is 6. The van der Waals surface area contributed by atoms with E-state index in [1.165, 1.54) is 51.4 Å². The summed E-state index contributed by atoms with van der Waals surface area (Å²) >= 11 is 5.97. The summed E-state index contributed by atoms with van der Waals surface area (Å²) in [5.41, 5.74) is 0.863. The van der Waals surface area contributed by atoms with Crippen LogP contribution >= 0.6 is 11.6 Å². The van der Waals surface area contributed by atoms with Gasteiger partial charge in [-0.1, -0.05) is 55.3 Å². The molecule has 0 spiro atoms. The first-order chi connectivity index (χ1) is 14.2. The molecule has 4 rings (SSSR count). The lowest BCUT2D eigenvalue weighted by atomic mass is 9.86. The fraction of sp³-hybridized carbons (Fsp3) is 0.609. The van der Waals surface area contributed by atoms with Gasteiger partial charge < -0.3 is 9.42 Å². The second kappa shape index (κ2) is 9.75. The predicted molar refractivity (Wildman–Crippen MR) is 113 cm³/mol. The molecule has 0 bridgehead atoms. The van der Waals surface area contributed by atoms with Crippen LogP contribution in [0.2, 0.25) is 5.02 Å². The number of halogens is 1. The number of amides is 1. The van der Waals surface area contributed by atoms with Crippen molar-refractivity contribution in [3.05, 3.63) is 35.2 Å². The number of carbonyl (C=O) groups is 1. The molecule has 1 aromatic heterocycles. The lowest BCUT2D eigenvalue weighted by Gasteiger charge is -2.35. The van der Waals surface area contributed by atoms with Gasteiger partial charge in [0.2, 0.25) is 17.6 Å². The molecule has 0 unspecified atom stereocenters. The minimum Gasteiger partial charge on any atom is -0.337 e. The van der Waals surface area contributed by atoms with Crippen LogP contribution in [0.4, 0.5) is 0 Å². The van der Waals surface area contributed by atoms with Crippen LogP contribution in [0.5, 0.6) is 0 Å². The summed E-state index contributed by atoms with van der Waals surface area (Å²) in [6.45, 7) is 0.414. The molecule has 2 aliphatic rings. The van der Waals surface area contributed by atoms with E-state index in [1.807, 2.05) is 29.2 Å². The van der Waals surface area contributed by atoms with Crippen molar-refractivity contribution >= 4 is 17.5 Å². The standard InChI is InChI=1S/C23H30ClN3O2/c24-19-13-11-18(12-14-19)23-25-21(29-26-23)16-27(20-9-5-2-6-10-20)22(28)15-17-7-3-1-4-8-17/h11-14,17,20H,1-10,15-16H2. The van der Waals surface area contributed by atoms with Crippen LogP contribution < -0.4 is 0 Å². The van der Waals surface area contributed by atoms with Gasteiger partial charge in [0.05, 0.1) is 0 Å². The van der Waals surface area contributed by atoms with E-state index in [2.05, 4.69) is 10.1 Å². The molecule has 0 N–H and O–H groups in total. The van der Waals surface area contributed by atoms with Gasteiger partial charge in [-0.25, -0.2) is 0 Å². The number of carbonyl (C=O) groups excluding carboxylic acids is 1. The summed E-state index contributed by atoms with van der Waals surface area (Å²) in [7, 11) is 0. The van der Waals surface area contributed by atoms with Gasteiger partial charge in [-0.15, -0.1) is 0 Å². The highest BCUT2D eigenvalue weighted by atomic mass is 35.5. The van der Waals surface area contributed by atoms with Crippen LogP contribution in [0.25, 0.3) is 11.4 Å². The van der Waals surface area contributed by atoms with Gasteiger partial charge >= 0.3 is 0 Å². The minimum atomic E-state index is 0.259. The van der Waals surface area contributed by atoms with Gasteiger partial charge in [0.25, 0.3) is 0 Å². The molecule has 0 atom stereocenters. The second-order valence-corrected chi connectivity index (χ2v) is 8.98. The molecule has 1 aromatic carbocycles. The SMILES string of the molecule is O=C(CC1CCCCC1)N(Cc1nc(-c2ccc(Cl)cc2)no1)C1CCCCC1. The molecule has 6 heteroatoms. The van der Waals surface area contributed by atoms with E-state index in [-0.39, 0.29) is 5.91 Å². The summed E-state index contributed by atoms with van der Waals surface area (Å²) < 4.78 is 5.52. The first kappa shape index (κ1) is 20.4. The molecule has 5 nitrogen and oxygen atoms in total. The van der Waals surface area contributed by atoms with Crippen LogP contribution in [0.3, 0.4) is 0 Å². The average molecular weight is 416 g/mol. The van der Waals surface area contributed by atoms with Crippen LogP contribution in [-0.2, 0) is 11.3 Å².